The van der Waals surface area contributed by atoms with E-state index in [0.29, 0.717) is 5.75 Å². The molecule has 2 rings (SSSR count). The third-order valence-corrected chi connectivity index (χ3v) is 4.90. The number of ether oxygens (including phenoxy) is 2. The average Bonchev–Trinajstić information content (AvgIpc) is 2.58. The van der Waals surface area contributed by atoms with E-state index in [9.17, 15) is 4.79 Å². The number of aryl methyl sites for hydroxylation is 2. The fourth-order valence-electron chi connectivity index (χ4n) is 2.38. The van der Waals surface area contributed by atoms with Gasteiger partial charge in [-0.15, -0.1) is 0 Å². The Kier molecular flexibility index (Phi) is 7.23. The maximum absolute atomic E-state index is 12.0. The molecular formula is C19H20Br2N2O3. The zero-order valence-electron chi connectivity index (χ0n) is 15.0. The first kappa shape index (κ1) is 20.5. The highest BCUT2D eigenvalue weighted by atomic mass is 79.9. The lowest BCUT2D eigenvalue weighted by Crippen LogP contribution is -2.25. The minimum atomic E-state index is -0.338. The van der Waals surface area contributed by atoms with E-state index in [-0.39, 0.29) is 12.5 Å². The molecule has 0 atom stereocenters. The van der Waals surface area contributed by atoms with Crippen molar-refractivity contribution in [2.75, 3.05) is 13.7 Å². The Balaban J connectivity index is 2.00. The highest BCUT2D eigenvalue weighted by Gasteiger charge is 2.10. The summed E-state index contributed by atoms with van der Waals surface area (Å²) in [6.07, 6.45) is 1.52. The third kappa shape index (κ3) is 5.08. The molecule has 1 amide bonds. The summed E-state index contributed by atoms with van der Waals surface area (Å²) in [5.41, 5.74) is 6.33. The van der Waals surface area contributed by atoms with Crippen LogP contribution in [0.1, 0.15) is 22.3 Å². The number of methoxy groups -OCH3 is 1. The van der Waals surface area contributed by atoms with Crippen LogP contribution in [0.2, 0.25) is 0 Å². The molecule has 0 spiro atoms. The summed E-state index contributed by atoms with van der Waals surface area (Å²) in [7, 11) is 1.57. The molecule has 0 aliphatic carbocycles. The van der Waals surface area contributed by atoms with Gasteiger partial charge in [0.1, 0.15) is 11.5 Å². The summed E-state index contributed by atoms with van der Waals surface area (Å²) < 4.78 is 12.7. The van der Waals surface area contributed by atoms with Crippen LogP contribution in [0.25, 0.3) is 0 Å². The number of carbonyl (C=O) groups excluding carboxylic acids is 1. The quantitative estimate of drug-likeness (QED) is 0.479. The Morgan fingerprint density at radius 1 is 1.15 bits per heavy atom. The molecule has 2 aromatic carbocycles. The van der Waals surface area contributed by atoms with Crippen LogP contribution in [0.5, 0.6) is 11.5 Å². The van der Waals surface area contributed by atoms with Crippen LogP contribution in [0.15, 0.2) is 38.3 Å². The van der Waals surface area contributed by atoms with Gasteiger partial charge in [-0.1, -0.05) is 28.1 Å². The number of hydrogen-bond donors (Lipinski definition) is 1. The summed E-state index contributed by atoms with van der Waals surface area (Å²) in [5.74, 6) is 1.03. The Labute approximate surface area is 170 Å². The van der Waals surface area contributed by atoms with Crippen LogP contribution in [0.3, 0.4) is 0 Å². The molecule has 0 radical (unpaired) electrons. The van der Waals surface area contributed by atoms with Crippen molar-refractivity contribution in [3.8, 4) is 11.5 Å². The Bertz CT molecular complexity index is 851. The highest BCUT2D eigenvalue weighted by molar-refractivity contribution is 9.11. The molecule has 0 heterocycles. The highest BCUT2D eigenvalue weighted by Crippen LogP contribution is 2.31. The van der Waals surface area contributed by atoms with E-state index in [2.05, 4.69) is 42.4 Å². The van der Waals surface area contributed by atoms with E-state index in [0.717, 1.165) is 36.9 Å². The first-order valence-corrected chi connectivity index (χ1v) is 9.46. The molecule has 0 saturated carbocycles. The van der Waals surface area contributed by atoms with Gasteiger partial charge < -0.3 is 9.47 Å². The number of rotatable bonds is 6. The van der Waals surface area contributed by atoms with Crippen LogP contribution in [-0.2, 0) is 4.79 Å². The van der Waals surface area contributed by atoms with E-state index >= 15 is 0 Å². The Morgan fingerprint density at radius 3 is 2.54 bits per heavy atom. The van der Waals surface area contributed by atoms with Gasteiger partial charge in [-0.25, -0.2) is 5.43 Å². The molecule has 0 bridgehead atoms. The number of carbonyl (C=O) groups is 1. The summed E-state index contributed by atoms with van der Waals surface area (Å²) >= 11 is 6.84. The van der Waals surface area contributed by atoms with Gasteiger partial charge in [0.15, 0.2) is 6.61 Å². The molecule has 0 aliphatic rings. The third-order valence-electron chi connectivity index (χ3n) is 3.86. The van der Waals surface area contributed by atoms with E-state index in [4.69, 9.17) is 9.47 Å². The standard InChI is InChI=1S/C19H20Br2N2O3/c1-11-5-6-12(2)18(13(11)3)26-10-17(24)23-22-9-14-7-15(20)8-16(21)19(14)25-4/h5-9H,10H2,1-4H3,(H,23,24)/b22-9+. The van der Waals surface area contributed by atoms with Crippen LogP contribution in [-0.4, -0.2) is 25.8 Å². The van der Waals surface area contributed by atoms with Crippen LogP contribution in [0, 0.1) is 20.8 Å². The van der Waals surface area contributed by atoms with Gasteiger partial charge in [-0.2, -0.15) is 5.10 Å². The molecular weight excluding hydrogens is 464 g/mol. The second kappa shape index (κ2) is 9.19. The first-order valence-electron chi connectivity index (χ1n) is 7.88. The predicted octanol–water partition coefficient (Wildman–Crippen LogP) is 4.67. The van der Waals surface area contributed by atoms with Gasteiger partial charge in [0.2, 0.25) is 0 Å². The van der Waals surface area contributed by atoms with Crippen molar-refractivity contribution in [3.05, 3.63) is 55.5 Å². The molecule has 26 heavy (non-hydrogen) atoms. The largest absolute Gasteiger partial charge is 0.495 e. The second-order valence-electron chi connectivity index (χ2n) is 5.75. The molecule has 7 heteroatoms. The fraction of sp³-hybridized carbons (Fsp3) is 0.263. The second-order valence-corrected chi connectivity index (χ2v) is 7.52. The first-order chi connectivity index (χ1) is 12.3. The molecule has 0 unspecified atom stereocenters. The molecule has 2 aromatic rings. The monoisotopic (exact) mass is 482 g/mol. The normalized spacial score (nSPS) is 10.8. The van der Waals surface area contributed by atoms with E-state index < -0.39 is 0 Å². The zero-order chi connectivity index (χ0) is 19.3. The molecule has 0 aliphatic heterocycles. The molecule has 0 aromatic heterocycles. The van der Waals surface area contributed by atoms with Crippen molar-refractivity contribution < 1.29 is 14.3 Å². The Hall–Kier alpha value is -1.86. The van der Waals surface area contributed by atoms with Gasteiger partial charge in [0.25, 0.3) is 5.91 Å². The van der Waals surface area contributed by atoms with Crippen LogP contribution >= 0.6 is 31.9 Å². The lowest BCUT2D eigenvalue weighted by atomic mass is 10.1. The van der Waals surface area contributed by atoms with Crippen molar-refractivity contribution in [3.63, 3.8) is 0 Å². The van der Waals surface area contributed by atoms with Crippen molar-refractivity contribution in [2.45, 2.75) is 20.8 Å². The van der Waals surface area contributed by atoms with Crippen LogP contribution < -0.4 is 14.9 Å². The van der Waals surface area contributed by atoms with Gasteiger partial charge in [0, 0.05) is 10.0 Å². The van der Waals surface area contributed by atoms with Crippen molar-refractivity contribution >= 4 is 44.0 Å². The molecule has 0 fully saturated rings. The topological polar surface area (TPSA) is 59.9 Å². The van der Waals surface area contributed by atoms with Crippen LogP contribution in [0.4, 0.5) is 0 Å². The lowest BCUT2D eigenvalue weighted by Gasteiger charge is -2.13. The number of benzene rings is 2. The fourth-order valence-corrected chi connectivity index (χ4v) is 3.80. The minimum Gasteiger partial charge on any atom is -0.495 e. The predicted molar refractivity (Wildman–Crippen MR) is 110 cm³/mol. The van der Waals surface area contributed by atoms with E-state index in [1.54, 1.807) is 7.11 Å². The number of nitrogens with zero attached hydrogens (tertiary/aromatic N) is 1. The number of hydrogen-bond acceptors (Lipinski definition) is 4. The number of hydrazone groups is 1. The average molecular weight is 484 g/mol. The maximum atomic E-state index is 12.0. The van der Waals surface area contributed by atoms with Gasteiger partial charge in [0.05, 0.1) is 17.8 Å². The smallest absolute Gasteiger partial charge is 0.277 e. The number of amides is 1. The van der Waals surface area contributed by atoms with Crippen molar-refractivity contribution in [1.29, 1.82) is 0 Å². The SMILES string of the molecule is COc1c(Br)cc(Br)cc1/C=N/NC(=O)COc1c(C)ccc(C)c1C. The number of halogens is 2. The lowest BCUT2D eigenvalue weighted by molar-refractivity contribution is -0.123. The van der Waals surface area contributed by atoms with E-state index in [1.165, 1.54) is 6.21 Å². The van der Waals surface area contributed by atoms with E-state index in [1.807, 2.05) is 45.0 Å². The summed E-state index contributed by atoms with van der Waals surface area (Å²) in [6, 6.07) is 7.72. The molecule has 1 N–H and O–H groups in total. The summed E-state index contributed by atoms with van der Waals surface area (Å²) in [5, 5.41) is 3.98. The zero-order valence-corrected chi connectivity index (χ0v) is 18.2. The molecule has 0 saturated heterocycles. The van der Waals surface area contributed by atoms with Gasteiger partial charge >= 0.3 is 0 Å². The maximum Gasteiger partial charge on any atom is 0.277 e. The van der Waals surface area contributed by atoms with Gasteiger partial charge in [-0.05, 0) is 65.5 Å². The summed E-state index contributed by atoms with van der Waals surface area (Å²) in [4.78, 5) is 12.0. The minimum absolute atomic E-state index is 0.109. The molecule has 138 valence electrons. The van der Waals surface area contributed by atoms with Crippen molar-refractivity contribution in [2.24, 2.45) is 5.10 Å². The summed E-state index contributed by atoms with van der Waals surface area (Å²) in [6.45, 7) is 5.83. The van der Waals surface area contributed by atoms with Gasteiger partial charge in [-0.3, -0.25) is 4.79 Å². The number of nitrogens with one attached hydrogen (secondary N) is 1. The van der Waals surface area contributed by atoms with Crippen molar-refractivity contribution in [1.82, 2.24) is 5.43 Å². The Morgan fingerprint density at radius 2 is 1.85 bits per heavy atom. The molecule has 5 nitrogen and oxygen atoms in total.